The zero-order valence-corrected chi connectivity index (χ0v) is 16.3. The highest BCUT2D eigenvalue weighted by molar-refractivity contribution is 5.89. The first kappa shape index (κ1) is 17.8. The maximum atomic E-state index is 12.6. The van der Waals surface area contributed by atoms with E-state index in [1.807, 2.05) is 23.1 Å². The number of methoxy groups -OCH3 is 1. The van der Waals surface area contributed by atoms with Gasteiger partial charge in [0.1, 0.15) is 17.5 Å². The maximum Gasteiger partial charge on any atom is 0.269 e. The van der Waals surface area contributed by atoms with Crippen LogP contribution in [0.15, 0.2) is 36.4 Å². The van der Waals surface area contributed by atoms with Gasteiger partial charge in [-0.2, -0.15) is 0 Å². The first-order valence-corrected chi connectivity index (χ1v) is 9.46. The van der Waals surface area contributed by atoms with E-state index in [4.69, 9.17) is 15.2 Å². The number of benzene rings is 2. The van der Waals surface area contributed by atoms with E-state index in [1.165, 1.54) is 12.1 Å². The Morgan fingerprint density at radius 2 is 2.07 bits per heavy atom. The highest BCUT2D eigenvalue weighted by atomic mass is 16.6. The molecule has 150 valence electrons. The lowest BCUT2D eigenvalue weighted by atomic mass is 9.72. The molecule has 2 aromatic rings. The Morgan fingerprint density at radius 3 is 2.72 bits per heavy atom. The van der Waals surface area contributed by atoms with Crippen molar-refractivity contribution in [2.75, 3.05) is 12.0 Å². The number of nitrogens with zero attached hydrogens (tertiary/aromatic N) is 2. The summed E-state index contributed by atoms with van der Waals surface area (Å²) in [5.41, 5.74) is 7.12. The van der Waals surface area contributed by atoms with Crippen molar-refractivity contribution < 1.29 is 19.2 Å². The van der Waals surface area contributed by atoms with Crippen LogP contribution in [0.1, 0.15) is 37.3 Å². The van der Waals surface area contributed by atoms with Crippen LogP contribution in [0.5, 0.6) is 11.5 Å². The van der Waals surface area contributed by atoms with Crippen LogP contribution in [0.4, 0.5) is 11.4 Å². The Balaban J connectivity index is 1.75. The van der Waals surface area contributed by atoms with Crippen LogP contribution < -0.4 is 20.1 Å². The molecule has 5 rings (SSSR count). The lowest BCUT2D eigenvalue weighted by molar-refractivity contribution is -0.385. The third-order valence-electron chi connectivity index (χ3n) is 6.83. The first-order valence-electron chi connectivity index (χ1n) is 9.46. The number of primary amides is 1. The number of nitro groups is 1. The number of hydrogen-bond acceptors (Lipinski definition) is 6. The van der Waals surface area contributed by atoms with Gasteiger partial charge in [-0.25, -0.2) is 0 Å². The molecule has 0 radical (unpaired) electrons. The molecule has 8 nitrogen and oxygen atoms in total. The van der Waals surface area contributed by atoms with Crippen LogP contribution in [0.2, 0.25) is 0 Å². The Bertz CT molecular complexity index is 1080. The Kier molecular flexibility index (Phi) is 3.31. The second-order valence-corrected chi connectivity index (χ2v) is 8.40. The van der Waals surface area contributed by atoms with Gasteiger partial charge in [-0.3, -0.25) is 14.9 Å². The van der Waals surface area contributed by atoms with Gasteiger partial charge in [0.2, 0.25) is 5.91 Å². The van der Waals surface area contributed by atoms with E-state index < -0.39 is 28.0 Å². The smallest absolute Gasteiger partial charge is 0.269 e. The molecule has 0 aromatic heterocycles. The van der Waals surface area contributed by atoms with Crippen molar-refractivity contribution in [1.29, 1.82) is 0 Å². The minimum Gasteiger partial charge on any atom is -0.497 e. The molecule has 3 atom stereocenters. The Labute approximate surface area is 167 Å². The van der Waals surface area contributed by atoms with E-state index in [1.54, 1.807) is 13.2 Å². The van der Waals surface area contributed by atoms with Gasteiger partial charge in [0.15, 0.2) is 5.72 Å². The van der Waals surface area contributed by atoms with Crippen molar-refractivity contribution >= 4 is 17.3 Å². The average molecular weight is 395 g/mol. The van der Waals surface area contributed by atoms with Crippen LogP contribution >= 0.6 is 0 Å². The summed E-state index contributed by atoms with van der Waals surface area (Å²) >= 11 is 0. The minimum absolute atomic E-state index is 0.0250. The number of nitro benzene ring substituents is 1. The molecule has 29 heavy (non-hydrogen) atoms. The fourth-order valence-electron chi connectivity index (χ4n) is 5.41. The van der Waals surface area contributed by atoms with Gasteiger partial charge in [-0.15, -0.1) is 0 Å². The molecule has 3 aliphatic rings. The predicted octanol–water partition coefficient (Wildman–Crippen LogP) is 2.83. The SMILES string of the molecule is COc1ccc2c(c1)C(C)(C)[C@]13C[C@H](c4cc([N+](=O)[O-])ccc4O1)[C@H](C(N)=O)N23. The number of anilines is 1. The molecule has 1 spiro atoms. The van der Waals surface area contributed by atoms with Gasteiger partial charge in [0.05, 0.1) is 17.4 Å². The summed E-state index contributed by atoms with van der Waals surface area (Å²) in [6.45, 7) is 4.17. The number of carbonyl (C=O) groups excluding carboxylic acids is 1. The summed E-state index contributed by atoms with van der Waals surface area (Å²) in [6, 6.07) is 9.67. The summed E-state index contributed by atoms with van der Waals surface area (Å²) in [4.78, 5) is 25.5. The fraction of sp³-hybridized carbons (Fsp3) is 0.381. The molecule has 2 N–H and O–H groups in total. The van der Waals surface area contributed by atoms with Crippen molar-refractivity contribution in [2.24, 2.45) is 5.73 Å². The number of amides is 1. The monoisotopic (exact) mass is 395 g/mol. The molecule has 1 fully saturated rings. The van der Waals surface area contributed by atoms with Crippen LogP contribution in [-0.4, -0.2) is 29.7 Å². The lowest BCUT2D eigenvalue weighted by Crippen LogP contribution is -2.59. The van der Waals surface area contributed by atoms with Gasteiger partial charge < -0.3 is 20.1 Å². The number of nitrogens with two attached hydrogens (primary N) is 1. The number of ether oxygens (including phenoxy) is 2. The zero-order chi connectivity index (χ0) is 20.7. The van der Waals surface area contributed by atoms with Crippen LogP contribution in [0.25, 0.3) is 0 Å². The molecule has 2 bridgehead atoms. The number of non-ortho nitro benzene ring substituents is 1. The Morgan fingerprint density at radius 1 is 1.31 bits per heavy atom. The summed E-state index contributed by atoms with van der Waals surface area (Å²) in [7, 11) is 1.62. The molecule has 1 saturated heterocycles. The quantitative estimate of drug-likeness (QED) is 0.632. The molecular weight excluding hydrogens is 374 g/mol. The number of carbonyl (C=O) groups is 1. The highest BCUT2D eigenvalue weighted by Gasteiger charge is 2.70. The van der Waals surface area contributed by atoms with E-state index in [9.17, 15) is 14.9 Å². The van der Waals surface area contributed by atoms with E-state index in [2.05, 4.69) is 13.8 Å². The zero-order valence-electron chi connectivity index (χ0n) is 16.3. The molecule has 3 aliphatic heterocycles. The highest BCUT2D eigenvalue weighted by Crippen LogP contribution is 2.65. The number of fused-ring (bicyclic) bond motifs is 5. The van der Waals surface area contributed by atoms with Crippen molar-refractivity contribution in [3.63, 3.8) is 0 Å². The minimum atomic E-state index is -0.810. The van der Waals surface area contributed by atoms with Crippen molar-refractivity contribution in [2.45, 2.75) is 43.4 Å². The first-order chi connectivity index (χ1) is 13.7. The van der Waals surface area contributed by atoms with Gasteiger partial charge in [-0.1, -0.05) is 0 Å². The summed E-state index contributed by atoms with van der Waals surface area (Å²) < 4.78 is 12.0. The molecule has 3 heterocycles. The standard InChI is InChI=1S/C21H21N3O5/c1-20(2)15-9-12(28-3)5-6-16(15)23-18(19(22)25)14-10-21(20,23)29-17-7-4-11(24(26)27)8-13(14)17/h4-9,14,18H,10H2,1-3H3,(H2,22,25)/t14-,18-,21+/m1/s1. The topological polar surface area (TPSA) is 108 Å². The van der Waals surface area contributed by atoms with Crippen molar-refractivity contribution in [3.8, 4) is 11.5 Å². The van der Waals surface area contributed by atoms with E-state index in [0.717, 1.165) is 17.0 Å². The average Bonchev–Trinajstić information content (AvgIpc) is 3.06. The maximum absolute atomic E-state index is 12.6. The molecule has 0 saturated carbocycles. The summed E-state index contributed by atoms with van der Waals surface area (Å²) in [6.07, 6.45) is 0.513. The van der Waals surface area contributed by atoms with Gasteiger partial charge in [0, 0.05) is 35.7 Å². The normalized spacial score (nSPS) is 27.5. The largest absolute Gasteiger partial charge is 0.497 e. The van der Waals surface area contributed by atoms with E-state index in [0.29, 0.717) is 17.7 Å². The number of rotatable bonds is 3. The molecule has 2 aromatic carbocycles. The van der Waals surface area contributed by atoms with Crippen molar-refractivity contribution in [1.82, 2.24) is 0 Å². The molecule has 8 heteroatoms. The summed E-state index contributed by atoms with van der Waals surface area (Å²) in [5, 5.41) is 11.3. The Hall–Kier alpha value is -3.29. The molecular formula is C21H21N3O5. The predicted molar refractivity (Wildman–Crippen MR) is 105 cm³/mol. The summed E-state index contributed by atoms with van der Waals surface area (Å²) in [5.74, 6) is 0.534. The lowest BCUT2D eigenvalue weighted by Gasteiger charge is -2.45. The number of hydrogen-bond donors (Lipinski definition) is 1. The van der Waals surface area contributed by atoms with E-state index in [-0.39, 0.29) is 11.6 Å². The third-order valence-corrected chi connectivity index (χ3v) is 6.83. The van der Waals surface area contributed by atoms with E-state index >= 15 is 0 Å². The third kappa shape index (κ3) is 2.01. The molecule has 1 amide bonds. The van der Waals surface area contributed by atoms with Crippen LogP contribution in [0.3, 0.4) is 0 Å². The van der Waals surface area contributed by atoms with Gasteiger partial charge in [-0.05, 0) is 43.7 Å². The van der Waals surface area contributed by atoms with Gasteiger partial charge in [0.25, 0.3) is 5.69 Å². The van der Waals surface area contributed by atoms with Gasteiger partial charge >= 0.3 is 0 Å². The van der Waals surface area contributed by atoms with Crippen LogP contribution in [0, 0.1) is 10.1 Å². The second-order valence-electron chi connectivity index (χ2n) is 8.40. The molecule has 0 aliphatic carbocycles. The molecule has 0 unspecified atom stereocenters. The fourth-order valence-corrected chi connectivity index (χ4v) is 5.41. The second kappa shape index (κ2) is 5.40. The van der Waals surface area contributed by atoms with Crippen LogP contribution in [-0.2, 0) is 10.2 Å². The van der Waals surface area contributed by atoms with Crippen molar-refractivity contribution in [3.05, 3.63) is 57.6 Å².